The molecule has 0 radical (unpaired) electrons. The van der Waals surface area contributed by atoms with Crippen LogP contribution >= 0.6 is 24.0 Å². The van der Waals surface area contributed by atoms with Crippen LogP contribution in [0.1, 0.15) is 45.4 Å². The highest BCUT2D eigenvalue weighted by Crippen LogP contribution is 2.36. The van der Waals surface area contributed by atoms with Crippen LogP contribution < -0.4 is 10.6 Å². The standard InChI is InChI=1S/C17H32N4.HI/c1-4-11-21-12-7-15(8-13-21)20-16(18-3)19-14-17(2)9-5-6-10-17;/h4,15H,1,5-14H2,2-3H3,(H2,18,19,20);1H. The van der Waals surface area contributed by atoms with E-state index in [0.29, 0.717) is 11.5 Å². The van der Waals surface area contributed by atoms with Crippen LogP contribution in [0.3, 0.4) is 0 Å². The number of guanidine groups is 1. The summed E-state index contributed by atoms with van der Waals surface area (Å²) in [5, 5.41) is 7.14. The average molecular weight is 420 g/mol. The summed E-state index contributed by atoms with van der Waals surface area (Å²) in [7, 11) is 1.87. The van der Waals surface area contributed by atoms with Crippen molar-refractivity contribution in [3.05, 3.63) is 12.7 Å². The van der Waals surface area contributed by atoms with Crippen molar-refractivity contribution in [3.8, 4) is 0 Å². The zero-order valence-corrected chi connectivity index (χ0v) is 16.6. The minimum atomic E-state index is 0. The Morgan fingerprint density at radius 2 is 1.95 bits per heavy atom. The summed E-state index contributed by atoms with van der Waals surface area (Å²) in [6.45, 7) is 10.6. The van der Waals surface area contributed by atoms with Crippen molar-refractivity contribution in [3.63, 3.8) is 0 Å². The third kappa shape index (κ3) is 6.07. The lowest BCUT2D eigenvalue weighted by atomic mass is 9.89. The van der Waals surface area contributed by atoms with Gasteiger partial charge in [0.05, 0.1) is 0 Å². The van der Waals surface area contributed by atoms with Crippen LogP contribution in [0, 0.1) is 5.41 Å². The Morgan fingerprint density at radius 1 is 1.32 bits per heavy atom. The van der Waals surface area contributed by atoms with Crippen LogP contribution in [-0.2, 0) is 0 Å². The maximum absolute atomic E-state index is 4.39. The molecule has 0 amide bonds. The number of hydrogen-bond donors (Lipinski definition) is 2. The fourth-order valence-corrected chi connectivity index (χ4v) is 3.53. The first-order valence-electron chi connectivity index (χ1n) is 8.46. The van der Waals surface area contributed by atoms with E-state index in [0.717, 1.165) is 32.1 Å². The maximum atomic E-state index is 4.39. The third-order valence-corrected chi connectivity index (χ3v) is 5.03. The van der Waals surface area contributed by atoms with Crippen molar-refractivity contribution in [1.29, 1.82) is 0 Å². The second-order valence-corrected chi connectivity index (χ2v) is 6.95. The fourth-order valence-electron chi connectivity index (χ4n) is 3.53. The zero-order chi connectivity index (χ0) is 15.1. The topological polar surface area (TPSA) is 39.7 Å². The molecule has 1 saturated heterocycles. The summed E-state index contributed by atoms with van der Waals surface area (Å²) in [4.78, 5) is 6.85. The number of likely N-dealkylation sites (tertiary alicyclic amines) is 1. The van der Waals surface area contributed by atoms with Gasteiger partial charge in [-0.05, 0) is 31.1 Å². The molecule has 1 heterocycles. The highest BCUT2D eigenvalue weighted by Gasteiger charge is 2.28. The summed E-state index contributed by atoms with van der Waals surface area (Å²) in [6, 6.07) is 0.550. The molecule has 5 heteroatoms. The van der Waals surface area contributed by atoms with Crippen LogP contribution in [0.5, 0.6) is 0 Å². The smallest absolute Gasteiger partial charge is 0.191 e. The predicted octanol–water partition coefficient (Wildman–Crippen LogP) is 3.00. The molecule has 0 aromatic heterocycles. The molecule has 2 aliphatic rings. The number of nitrogens with one attached hydrogen (secondary N) is 2. The lowest BCUT2D eigenvalue weighted by Gasteiger charge is -2.33. The second kappa shape index (κ2) is 9.75. The Morgan fingerprint density at radius 3 is 2.50 bits per heavy atom. The SMILES string of the molecule is C=CCN1CCC(NC(=NC)NCC2(C)CCCC2)CC1.I. The van der Waals surface area contributed by atoms with Gasteiger partial charge in [0.25, 0.3) is 0 Å². The fraction of sp³-hybridized carbons (Fsp3) is 0.824. The van der Waals surface area contributed by atoms with E-state index in [2.05, 4.69) is 34.0 Å². The average Bonchev–Trinajstić information content (AvgIpc) is 2.93. The van der Waals surface area contributed by atoms with E-state index in [9.17, 15) is 0 Å². The Bertz CT molecular complexity index is 356. The van der Waals surface area contributed by atoms with Crippen LogP contribution in [0.2, 0.25) is 0 Å². The van der Waals surface area contributed by atoms with Gasteiger partial charge in [-0.15, -0.1) is 30.6 Å². The van der Waals surface area contributed by atoms with Gasteiger partial charge >= 0.3 is 0 Å². The van der Waals surface area contributed by atoms with E-state index < -0.39 is 0 Å². The summed E-state index contributed by atoms with van der Waals surface area (Å²) in [5.74, 6) is 0.977. The van der Waals surface area contributed by atoms with Crippen LogP contribution in [0.15, 0.2) is 17.6 Å². The molecule has 2 rings (SSSR count). The van der Waals surface area contributed by atoms with E-state index in [1.807, 2.05) is 13.1 Å². The highest BCUT2D eigenvalue weighted by atomic mass is 127. The van der Waals surface area contributed by atoms with E-state index in [-0.39, 0.29) is 24.0 Å². The van der Waals surface area contributed by atoms with Gasteiger partial charge < -0.3 is 10.6 Å². The van der Waals surface area contributed by atoms with Crippen LogP contribution in [0.4, 0.5) is 0 Å². The molecule has 2 N–H and O–H groups in total. The first-order chi connectivity index (χ1) is 10.1. The van der Waals surface area contributed by atoms with Gasteiger partial charge in [0.15, 0.2) is 5.96 Å². The van der Waals surface area contributed by atoms with E-state index in [4.69, 9.17) is 0 Å². The van der Waals surface area contributed by atoms with Gasteiger partial charge in [-0.3, -0.25) is 9.89 Å². The second-order valence-electron chi connectivity index (χ2n) is 6.95. The molecule has 0 aromatic rings. The van der Waals surface area contributed by atoms with Crippen molar-refractivity contribution in [2.75, 3.05) is 33.2 Å². The Labute approximate surface area is 153 Å². The summed E-state index contributed by atoms with van der Waals surface area (Å²) < 4.78 is 0. The third-order valence-electron chi connectivity index (χ3n) is 5.03. The molecule has 1 saturated carbocycles. The Balaban J connectivity index is 0.00000242. The molecule has 0 atom stereocenters. The molecule has 1 aliphatic heterocycles. The van der Waals surface area contributed by atoms with Crippen molar-refractivity contribution >= 4 is 29.9 Å². The molecule has 0 bridgehead atoms. The lowest BCUT2D eigenvalue weighted by Crippen LogP contribution is -2.50. The number of rotatable bonds is 5. The van der Waals surface area contributed by atoms with Crippen molar-refractivity contribution in [2.24, 2.45) is 10.4 Å². The predicted molar refractivity (Wildman–Crippen MR) is 106 cm³/mol. The van der Waals surface area contributed by atoms with Gasteiger partial charge in [-0.1, -0.05) is 25.8 Å². The molecule has 0 unspecified atom stereocenters. The number of aliphatic imine (C=N–C) groups is 1. The quantitative estimate of drug-likeness (QED) is 0.311. The van der Waals surface area contributed by atoms with E-state index in [1.165, 1.54) is 38.5 Å². The summed E-state index contributed by atoms with van der Waals surface area (Å²) >= 11 is 0. The lowest BCUT2D eigenvalue weighted by molar-refractivity contribution is 0.224. The first-order valence-corrected chi connectivity index (χ1v) is 8.46. The minimum absolute atomic E-state index is 0. The van der Waals surface area contributed by atoms with Crippen molar-refractivity contribution < 1.29 is 0 Å². The first kappa shape index (κ1) is 19.7. The molecule has 22 heavy (non-hydrogen) atoms. The van der Waals surface area contributed by atoms with Gasteiger partial charge in [0.1, 0.15) is 0 Å². The summed E-state index contributed by atoms with van der Waals surface area (Å²) in [5.41, 5.74) is 0.463. The van der Waals surface area contributed by atoms with Gasteiger partial charge in [-0.25, -0.2) is 0 Å². The highest BCUT2D eigenvalue weighted by molar-refractivity contribution is 14.0. The molecule has 4 nitrogen and oxygen atoms in total. The van der Waals surface area contributed by atoms with Crippen molar-refractivity contribution in [1.82, 2.24) is 15.5 Å². The minimum Gasteiger partial charge on any atom is -0.356 e. The van der Waals surface area contributed by atoms with Gasteiger partial charge in [0, 0.05) is 39.3 Å². The molecular formula is C17H33IN4. The van der Waals surface area contributed by atoms with Crippen LogP contribution in [0.25, 0.3) is 0 Å². The zero-order valence-electron chi connectivity index (χ0n) is 14.2. The van der Waals surface area contributed by atoms with E-state index in [1.54, 1.807) is 0 Å². The van der Waals surface area contributed by atoms with Crippen LogP contribution in [-0.4, -0.2) is 50.1 Å². The number of nitrogens with zero attached hydrogens (tertiary/aromatic N) is 2. The monoisotopic (exact) mass is 420 g/mol. The number of hydrogen-bond acceptors (Lipinski definition) is 2. The maximum Gasteiger partial charge on any atom is 0.191 e. The largest absolute Gasteiger partial charge is 0.356 e. The Hall–Kier alpha value is -0.300. The molecule has 2 fully saturated rings. The molecule has 0 aromatic carbocycles. The molecule has 128 valence electrons. The molecule has 1 aliphatic carbocycles. The van der Waals surface area contributed by atoms with Crippen molar-refractivity contribution in [2.45, 2.75) is 51.5 Å². The van der Waals surface area contributed by atoms with Gasteiger partial charge in [-0.2, -0.15) is 0 Å². The molecular weight excluding hydrogens is 387 g/mol. The molecule has 0 spiro atoms. The number of piperidine rings is 1. The Kier molecular flexibility index (Phi) is 8.75. The number of halogens is 1. The van der Waals surface area contributed by atoms with Gasteiger partial charge in [0.2, 0.25) is 0 Å². The summed E-state index contributed by atoms with van der Waals surface area (Å²) in [6.07, 6.45) is 9.82. The van der Waals surface area contributed by atoms with E-state index >= 15 is 0 Å². The normalized spacial score (nSPS) is 22.9.